The first kappa shape index (κ1) is 17.1. The van der Waals surface area contributed by atoms with Crippen molar-refractivity contribution in [2.75, 3.05) is 26.2 Å². The molecule has 1 rings (SSSR count). The van der Waals surface area contributed by atoms with Gasteiger partial charge in [-0.1, -0.05) is 12.1 Å². The molecule has 0 unspecified atom stereocenters. The number of carbonyl (C=O) groups excluding carboxylic acids is 2. The number of benzene rings is 1. The summed E-state index contributed by atoms with van der Waals surface area (Å²) in [5.74, 6) is -0.684. The molecule has 1 aromatic carbocycles. The lowest BCUT2D eigenvalue weighted by atomic mass is 10.1. The average molecular weight is 296 g/mol. The van der Waals surface area contributed by atoms with Gasteiger partial charge in [0.05, 0.1) is 19.6 Å². The Balaban J connectivity index is 2.06. The first-order valence-corrected chi connectivity index (χ1v) is 6.99. The first-order chi connectivity index (χ1) is 10.1. The second-order valence-corrected chi connectivity index (χ2v) is 4.46. The molecule has 0 aliphatic heterocycles. The van der Waals surface area contributed by atoms with E-state index in [0.717, 1.165) is 5.56 Å². The molecule has 0 saturated heterocycles. The van der Waals surface area contributed by atoms with Crippen molar-refractivity contribution in [2.45, 2.75) is 19.8 Å². The van der Waals surface area contributed by atoms with Gasteiger partial charge in [0, 0.05) is 13.1 Å². The minimum atomic E-state index is -0.276. The van der Waals surface area contributed by atoms with Crippen molar-refractivity contribution in [1.82, 2.24) is 10.6 Å². The second-order valence-electron chi connectivity index (χ2n) is 4.46. The third-order valence-electron chi connectivity index (χ3n) is 2.75. The fourth-order valence-electron chi connectivity index (χ4n) is 1.69. The first-order valence-electron chi connectivity index (χ1n) is 6.99. The Morgan fingerprint density at radius 3 is 2.57 bits per heavy atom. The largest absolute Gasteiger partial charge is 0.466 e. The van der Waals surface area contributed by atoms with E-state index >= 15 is 0 Å². The van der Waals surface area contributed by atoms with Crippen LogP contribution in [0.2, 0.25) is 0 Å². The summed E-state index contributed by atoms with van der Waals surface area (Å²) in [6, 6.07) is 6.18. The monoisotopic (exact) mass is 296 g/mol. The van der Waals surface area contributed by atoms with Crippen LogP contribution in [-0.4, -0.2) is 38.1 Å². The Bertz CT molecular complexity index is 449. The highest BCUT2D eigenvalue weighted by Crippen LogP contribution is 2.02. The molecule has 21 heavy (non-hydrogen) atoms. The molecule has 0 saturated carbocycles. The second kappa shape index (κ2) is 9.88. The number of esters is 1. The van der Waals surface area contributed by atoms with E-state index in [9.17, 15) is 14.0 Å². The van der Waals surface area contributed by atoms with E-state index in [4.69, 9.17) is 4.74 Å². The van der Waals surface area contributed by atoms with Crippen molar-refractivity contribution in [3.63, 3.8) is 0 Å². The standard InChI is InChI=1S/C15H21FN2O3/c1-2-21-15(20)8-9-17-11-14(19)18-10-7-12-3-5-13(16)6-4-12/h3-6,17H,2,7-11H2,1H3,(H,18,19). The van der Waals surface area contributed by atoms with Crippen LogP contribution in [0.3, 0.4) is 0 Å². The number of ether oxygens (including phenoxy) is 1. The Labute approximate surface area is 123 Å². The summed E-state index contributed by atoms with van der Waals surface area (Å²) in [7, 11) is 0. The van der Waals surface area contributed by atoms with Crippen LogP contribution in [0.15, 0.2) is 24.3 Å². The topological polar surface area (TPSA) is 67.4 Å². The minimum Gasteiger partial charge on any atom is -0.466 e. The lowest BCUT2D eigenvalue weighted by molar-refractivity contribution is -0.143. The Morgan fingerprint density at radius 2 is 1.90 bits per heavy atom. The molecule has 1 aromatic rings. The van der Waals surface area contributed by atoms with Crippen LogP contribution in [0.25, 0.3) is 0 Å². The molecule has 6 heteroatoms. The van der Waals surface area contributed by atoms with Gasteiger partial charge < -0.3 is 15.4 Å². The number of carbonyl (C=O) groups is 2. The van der Waals surface area contributed by atoms with Crippen molar-refractivity contribution in [1.29, 1.82) is 0 Å². The van der Waals surface area contributed by atoms with Crippen LogP contribution >= 0.6 is 0 Å². The quantitative estimate of drug-likeness (QED) is 0.527. The van der Waals surface area contributed by atoms with Crippen molar-refractivity contribution in [3.8, 4) is 0 Å². The van der Waals surface area contributed by atoms with Crippen LogP contribution in [0.4, 0.5) is 4.39 Å². The molecule has 0 atom stereocenters. The molecule has 0 aromatic heterocycles. The van der Waals surface area contributed by atoms with Crippen molar-refractivity contribution in [2.24, 2.45) is 0 Å². The highest BCUT2D eigenvalue weighted by Gasteiger charge is 2.03. The smallest absolute Gasteiger partial charge is 0.307 e. The van der Waals surface area contributed by atoms with Crippen molar-refractivity contribution >= 4 is 11.9 Å². The van der Waals surface area contributed by atoms with Crippen molar-refractivity contribution < 1.29 is 18.7 Å². The van der Waals surface area contributed by atoms with E-state index in [-0.39, 0.29) is 30.7 Å². The van der Waals surface area contributed by atoms with Gasteiger partial charge >= 0.3 is 5.97 Å². The molecule has 116 valence electrons. The van der Waals surface area contributed by atoms with Crippen LogP contribution in [0.1, 0.15) is 18.9 Å². The van der Waals surface area contributed by atoms with E-state index in [1.807, 2.05) is 0 Å². The zero-order chi connectivity index (χ0) is 15.5. The fraction of sp³-hybridized carbons (Fsp3) is 0.467. The maximum Gasteiger partial charge on any atom is 0.307 e. The number of hydrogen-bond acceptors (Lipinski definition) is 4. The van der Waals surface area contributed by atoms with E-state index in [1.54, 1.807) is 19.1 Å². The zero-order valence-electron chi connectivity index (χ0n) is 12.2. The Kier molecular flexibility index (Phi) is 8.04. The van der Waals surface area contributed by atoms with Gasteiger partial charge in [0.25, 0.3) is 0 Å². The number of nitrogens with one attached hydrogen (secondary N) is 2. The van der Waals surface area contributed by atoms with Crippen LogP contribution in [0, 0.1) is 5.82 Å². The molecule has 0 radical (unpaired) electrons. The summed E-state index contributed by atoms with van der Waals surface area (Å²) < 4.78 is 17.5. The van der Waals surface area contributed by atoms with Crippen LogP contribution in [-0.2, 0) is 20.7 Å². The molecule has 0 fully saturated rings. The fourth-order valence-corrected chi connectivity index (χ4v) is 1.69. The molecule has 0 aliphatic carbocycles. The Morgan fingerprint density at radius 1 is 1.19 bits per heavy atom. The molecule has 0 aliphatic rings. The summed E-state index contributed by atoms with van der Waals surface area (Å²) >= 11 is 0. The zero-order valence-corrected chi connectivity index (χ0v) is 12.2. The van der Waals surface area contributed by atoms with E-state index in [0.29, 0.717) is 26.1 Å². The number of amides is 1. The summed E-state index contributed by atoms with van der Waals surface area (Å²) in [4.78, 5) is 22.6. The lowest BCUT2D eigenvalue weighted by Gasteiger charge is -2.07. The van der Waals surface area contributed by atoms with Crippen LogP contribution < -0.4 is 10.6 Å². The molecular formula is C15H21FN2O3. The Hall–Kier alpha value is -1.95. The number of rotatable bonds is 9. The highest BCUT2D eigenvalue weighted by molar-refractivity contribution is 5.78. The van der Waals surface area contributed by atoms with Gasteiger partial charge in [-0.2, -0.15) is 0 Å². The molecule has 5 nitrogen and oxygen atoms in total. The van der Waals surface area contributed by atoms with Gasteiger partial charge in [0.1, 0.15) is 5.82 Å². The predicted octanol–water partition coefficient (Wildman–Crippen LogP) is 1.03. The number of hydrogen-bond donors (Lipinski definition) is 2. The van der Waals surface area contributed by atoms with E-state index in [1.165, 1.54) is 12.1 Å². The minimum absolute atomic E-state index is 0.138. The number of halogens is 1. The van der Waals surface area contributed by atoms with Gasteiger partial charge in [-0.25, -0.2) is 4.39 Å². The molecular weight excluding hydrogens is 275 g/mol. The van der Waals surface area contributed by atoms with Gasteiger partial charge in [-0.05, 0) is 31.0 Å². The highest BCUT2D eigenvalue weighted by atomic mass is 19.1. The SMILES string of the molecule is CCOC(=O)CCNCC(=O)NCCc1ccc(F)cc1. The molecule has 0 spiro atoms. The molecule has 0 bridgehead atoms. The van der Waals surface area contributed by atoms with Crippen molar-refractivity contribution in [3.05, 3.63) is 35.6 Å². The van der Waals surface area contributed by atoms with Gasteiger partial charge in [-0.15, -0.1) is 0 Å². The van der Waals surface area contributed by atoms with Crippen LogP contribution in [0.5, 0.6) is 0 Å². The predicted molar refractivity (Wildman–Crippen MR) is 77.2 cm³/mol. The maximum atomic E-state index is 12.7. The summed E-state index contributed by atoms with van der Waals surface area (Å²) in [5, 5.41) is 5.62. The third-order valence-corrected chi connectivity index (χ3v) is 2.75. The molecule has 1 amide bonds. The van der Waals surface area contributed by atoms with Gasteiger partial charge in [0.2, 0.25) is 5.91 Å². The average Bonchev–Trinajstić information content (AvgIpc) is 2.46. The lowest BCUT2D eigenvalue weighted by Crippen LogP contribution is -2.35. The summed E-state index contributed by atoms with van der Waals surface area (Å²) in [6.45, 7) is 3.17. The van der Waals surface area contributed by atoms with E-state index < -0.39 is 0 Å². The van der Waals surface area contributed by atoms with Gasteiger partial charge in [0.15, 0.2) is 0 Å². The summed E-state index contributed by atoms with van der Waals surface area (Å²) in [5.41, 5.74) is 0.965. The normalized spacial score (nSPS) is 10.2. The molecule has 2 N–H and O–H groups in total. The van der Waals surface area contributed by atoms with E-state index in [2.05, 4.69) is 10.6 Å². The maximum absolute atomic E-state index is 12.7. The molecule has 0 heterocycles. The third kappa shape index (κ3) is 8.04. The summed E-state index contributed by atoms with van der Waals surface area (Å²) in [6.07, 6.45) is 0.894. The van der Waals surface area contributed by atoms with Gasteiger partial charge in [-0.3, -0.25) is 9.59 Å².